The minimum atomic E-state index is -0.617. The molecule has 0 radical (unpaired) electrons. The van der Waals surface area contributed by atoms with Crippen LogP contribution in [0.3, 0.4) is 0 Å². The highest BCUT2D eigenvalue weighted by Gasteiger charge is 2.22. The number of aldehydes is 1. The Hall–Kier alpha value is -2.49. The number of nitriles is 1. The van der Waals surface area contributed by atoms with Gasteiger partial charge < -0.3 is 9.69 Å². The zero-order valence-electron chi connectivity index (χ0n) is 10.2. The Labute approximate surface area is 109 Å². The Bertz CT molecular complexity index is 544. The van der Waals surface area contributed by atoms with E-state index >= 15 is 0 Å². The highest BCUT2D eigenvalue weighted by Crippen LogP contribution is 2.24. The summed E-state index contributed by atoms with van der Waals surface area (Å²) < 4.78 is 0. The standard InChI is InChI=1S/C12H12N4O3/c13-7-10-11(16(18)19)1-2-12(14-10)15-5-3-9(8-17)4-6-15/h1-2,8-9H,3-6H2. The van der Waals surface area contributed by atoms with E-state index < -0.39 is 4.92 Å². The first-order valence-corrected chi connectivity index (χ1v) is 5.91. The lowest BCUT2D eigenvalue weighted by Crippen LogP contribution is -2.34. The summed E-state index contributed by atoms with van der Waals surface area (Å²) in [6.07, 6.45) is 2.44. The molecule has 98 valence electrons. The van der Waals surface area contributed by atoms with Crippen molar-refractivity contribution in [2.75, 3.05) is 18.0 Å². The summed E-state index contributed by atoms with van der Waals surface area (Å²) in [5.74, 6) is 0.622. The smallest absolute Gasteiger partial charge is 0.305 e. The van der Waals surface area contributed by atoms with Gasteiger partial charge in [0.1, 0.15) is 18.2 Å². The molecule has 1 aromatic rings. The van der Waals surface area contributed by atoms with Gasteiger partial charge in [-0.25, -0.2) is 4.98 Å². The van der Waals surface area contributed by atoms with Gasteiger partial charge in [0.05, 0.1) is 4.92 Å². The zero-order chi connectivity index (χ0) is 13.8. The normalized spacial score (nSPS) is 15.8. The highest BCUT2D eigenvalue weighted by molar-refractivity contribution is 5.55. The van der Waals surface area contributed by atoms with Gasteiger partial charge in [-0.15, -0.1) is 0 Å². The van der Waals surface area contributed by atoms with E-state index in [4.69, 9.17) is 5.26 Å². The lowest BCUT2D eigenvalue weighted by atomic mass is 9.99. The predicted molar refractivity (Wildman–Crippen MR) is 66.6 cm³/mol. The van der Waals surface area contributed by atoms with Crippen LogP contribution < -0.4 is 4.90 Å². The number of nitrogens with zero attached hydrogens (tertiary/aromatic N) is 4. The maximum atomic E-state index is 10.7. The molecule has 1 aliphatic heterocycles. The third kappa shape index (κ3) is 2.68. The molecule has 1 aromatic heterocycles. The maximum Gasteiger partial charge on any atom is 0.305 e. The second-order valence-corrected chi connectivity index (χ2v) is 4.37. The first-order chi connectivity index (χ1) is 9.15. The Morgan fingerprint density at radius 2 is 2.16 bits per heavy atom. The summed E-state index contributed by atoms with van der Waals surface area (Å²) in [5, 5.41) is 19.6. The number of nitro groups is 1. The summed E-state index contributed by atoms with van der Waals surface area (Å²) in [5.41, 5.74) is -0.464. The van der Waals surface area contributed by atoms with Crippen LogP contribution in [0.25, 0.3) is 0 Å². The molecular formula is C12H12N4O3. The molecule has 7 nitrogen and oxygen atoms in total. The largest absolute Gasteiger partial charge is 0.357 e. The van der Waals surface area contributed by atoms with Crippen molar-refractivity contribution in [2.45, 2.75) is 12.8 Å². The zero-order valence-corrected chi connectivity index (χ0v) is 10.2. The van der Waals surface area contributed by atoms with Crippen LogP contribution in [-0.2, 0) is 4.79 Å². The average molecular weight is 260 g/mol. The van der Waals surface area contributed by atoms with E-state index in [0.717, 1.165) is 19.1 Å². The fourth-order valence-corrected chi connectivity index (χ4v) is 2.11. The minimum absolute atomic E-state index is 0.0738. The number of carbonyl (C=O) groups is 1. The molecule has 0 aromatic carbocycles. The van der Waals surface area contributed by atoms with Gasteiger partial charge in [0, 0.05) is 25.1 Å². The van der Waals surface area contributed by atoms with E-state index in [2.05, 4.69) is 4.98 Å². The van der Waals surface area contributed by atoms with Gasteiger partial charge in [0.15, 0.2) is 0 Å². The number of anilines is 1. The van der Waals surface area contributed by atoms with E-state index in [0.29, 0.717) is 18.9 Å². The van der Waals surface area contributed by atoms with Crippen molar-refractivity contribution >= 4 is 17.8 Å². The maximum absolute atomic E-state index is 10.7. The van der Waals surface area contributed by atoms with Crippen LogP contribution in [0.5, 0.6) is 0 Å². The first kappa shape index (κ1) is 13.0. The van der Waals surface area contributed by atoms with Gasteiger partial charge in [-0.2, -0.15) is 5.26 Å². The van der Waals surface area contributed by atoms with Gasteiger partial charge in [-0.1, -0.05) is 0 Å². The van der Waals surface area contributed by atoms with Crippen molar-refractivity contribution in [3.05, 3.63) is 27.9 Å². The van der Waals surface area contributed by atoms with Crippen molar-refractivity contribution in [2.24, 2.45) is 5.92 Å². The second-order valence-electron chi connectivity index (χ2n) is 4.37. The molecule has 0 bridgehead atoms. The molecule has 0 unspecified atom stereocenters. The lowest BCUT2D eigenvalue weighted by Gasteiger charge is -2.30. The Morgan fingerprint density at radius 1 is 1.47 bits per heavy atom. The van der Waals surface area contributed by atoms with Crippen LogP contribution in [-0.4, -0.2) is 29.3 Å². The summed E-state index contributed by atoms with van der Waals surface area (Å²) in [6, 6.07) is 4.58. The number of hydrogen-bond acceptors (Lipinski definition) is 6. The fraction of sp³-hybridized carbons (Fsp3) is 0.417. The molecule has 1 aliphatic rings. The highest BCUT2D eigenvalue weighted by atomic mass is 16.6. The Kier molecular flexibility index (Phi) is 3.71. The molecular weight excluding hydrogens is 248 g/mol. The number of piperidine rings is 1. The first-order valence-electron chi connectivity index (χ1n) is 5.91. The lowest BCUT2D eigenvalue weighted by molar-refractivity contribution is -0.385. The van der Waals surface area contributed by atoms with Gasteiger partial charge in [0.25, 0.3) is 0 Å². The second kappa shape index (κ2) is 5.44. The van der Waals surface area contributed by atoms with Crippen molar-refractivity contribution in [3.63, 3.8) is 0 Å². The molecule has 0 saturated carbocycles. The molecule has 2 heterocycles. The SMILES string of the molecule is N#Cc1nc(N2CCC(C=O)CC2)ccc1[N+](=O)[O-]. The van der Waals surface area contributed by atoms with Crippen LogP contribution in [0.4, 0.5) is 11.5 Å². The van der Waals surface area contributed by atoms with Gasteiger partial charge in [-0.3, -0.25) is 10.1 Å². The van der Waals surface area contributed by atoms with Crippen LogP contribution in [0, 0.1) is 27.4 Å². The summed E-state index contributed by atoms with van der Waals surface area (Å²) in [6.45, 7) is 1.33. The molecule has 0 atom stereocenters. The van der Waals surface area contributed by atoms with Gasteiger partial charge in [0.2, 0.25) is 5.69 Å². The molecule has 0 spiro atoms. The third-order valence-corrected chi connectivity index (χ3v) is 3.22. The molecule has 0 aliphatic carbocycles. The van der Waals surface area contributed by atoms with Gasteiger partial charge in [-0.05, 0) is 18.9 Å². The Morgan fingerprint density at radius 3 is 2.68 bits per heavy atom. The molecule has 7 heteroatoms. The van der Waals surface area contributed by atoms with Crippen LogP contribution in [0.15, 0.2) is 12.1 Å². The quantitative estimate of drug-likeness (QED) is 0.461. The number of hydrogen-bond donors (Lipinski definition) is 0. The van der Waals surface area contributed by atoms with Crippen molar-refractivity contribution in [3.8, 4) is 6.07 Å². The topological polar surface area (TPSA) is 100 Å². The summed E-state index contributed by atoms with van der Waals surface area (Å²) >= 11 is 0. The number of aromatic nitrogens is 1. The number of carbonyl (C=O) groups excluding carboxylic acids is 1. The average Bonchev–Trinajstić information content (AvgIpc) is 2.46. The summed E-state index contributed by atoms with van der Waals surface area (Å²) in [7, 11) is 0. The fourth-order valence-electron chi connectivity index (χ4n) is 2.11. The molecule has 1 fully saturated rings. The van der Waals surface area contributed by atoms with Crippen molar-refractivity contribution in [1.29, 1.82) is 5.26 Å². The van der Waals surface area contributed by atoms with Crippen molar-refractivity contribution in [1.82, 2.24) is 4.98 Å². The van der Waals surface area contributed by atoms with Crippen LogP contribution in [0.1, 0.15) is 18.5 Å². The number of rotatable bonds is 3. The Balaban J connectivity index is 2.21. The van der Waals surface area contributed by atoms with Gasteiger partial charge >= 0.3 is 5.69 Å². The molecule has 19 heavy (non-hydrogen) atoms. The predicted octanol–water partition coefficient (Wildman–Crippen LogP) is 1.28. The third-order valence-electron chi connectivity index (χ3n) is 3.22. The van der Waals surface area contributed by atoms with E-state index in [9.17, 15) is 14.9 Å². The van der Waals surface area contributed by atoms with Crippen LogP contribution >= 0.6 is 0 Å². The van der Waals surface area contributed by atoms with Crippen molar-refractivity contribution < 1.29 is 9.72 Å². The number of pyridine rings is 1. The monoisotopic (exact) mass is 260 g/mol. The van der Waals surface area contributed by atoms with E-state index in [1.54, 1.807) is 12.1 Å². The van der Waals surface area contributed by atoms with E-state index in [-0.39, 0.29) is 17.3 Å². The van der Waals surface area contributed by atoms with E-state index in [1.807, 2.05) is 4.90 Å². The molecule has 0 N–H and O–H groups in total. The van der Waals surface area contributed by atoms with Crippen LogP contribution in [0.2, 0.25) is 0 Å². The minimum Gasteiger partial charge on any atom is -0.357 e. The molecule has 2 rings (SSSR count). The van der Waals surface area contributed by atoms with E-state index in [1.165, 1.54) is 6.07 Å². The molecule has 0 amide bonds. The molecule has 1 saturated heterocycles. The summed E-state index contributed by atoms with van der Waals surface area (Å²) in [4.78, 5) is 26.7.